The van der Waals surface area contributed by atoms with Gasteiger partial charge in [-0.05, 0) is 68.7 Å². The Morgan fingerprint density at radius 1 is 0.975 bits per heavy atom. The van der Waals surface area contributed by atoms with Gasteiger partial charge in [-0.1, -0.05) is 30.3 Å². The largest absolute Gasteiger partial charge is 0.341 e. The molecule has 3 saturated heterocycles. The molecule has 4 heterocycles. The molecule has 3 unspecified atom stereocenters. The van der Waals surface area contributed by atoms with Crippen molar-refractivity contribution < 1.29 is 18.4 Å². The summed E-state index contributed by atoms with van der Waals surface area (Å²) >= 11 is 0. The van der Waals surface area contributed by atoms with E-state index in [-0.39, 0.29) is 30.1 Å². The number of amides is 2. The summed E-state index contributed by atoms with van der Waals surface area (Å²) in [6.07, 6.45) is 3.26. The van der Waals surface area contributed by atoms with Crippen molar-refractivity contribution in [2.24, 2.45) is 17.8 Å². The van der Waals surface area contributed by atoms with Crippen LogP contribution in [0.1, 0.15) is 59.3 Å². The summed E-state index contributed by atoms with van der Waals surface area (Å²) in [5, 5.41) is 0. The third-order valence-electron chi connectivity index (χ3n) is 9.99. The van der Waals surface area contributed by atoms with Crippen LogP contribution < -0.4 is 0 Å². The van der Waals surface area contributed by atoms with E-state index in [0.717, 1.165) is 56.0 Å². The van der Waals surface area contributed by atoms with Crippen molar-refractivity contribution in [2.75, 3.05) is 45.8 Å². The van der Waals surface area contributed by atoms with Gasteiger partial charge in [0.2, 0.25) is 11.8 Å². The van der Waals surface area contributed by atoms with Crippen LogP contribution in [0.15, 0.2) is 42.6 Å². The molecule has 6 nitrogen and oxygen atoms in total. The normalized spacial score (nSPS) is 27.4. The maximum absolute atomic E-state index is 14.0. The van der Waals surface area contributed by atoms with Crippen LogP contribution in [0, 0.1) is 31.6 Å². The highest BCUT2D eigenvalue weighted by atomic mass is 19.3. The van der Waals surface area contributed by atoms with Crippen LogP contribution in [-0.2, 0) is 10.2 Å². The molecule has 0 bridgehead atoms. The maximum atomic E-state index is 14.0. The summed E-state index contributed by atoms with van der Waals surface area (Å²) in [6.45, 7) is 9.53. The Hall–Kier alpha value is -2.87. The molecular weight excluding hydrogens is 510 g/mol. The molecule has 4 aliphatic rings. The van der Waals surface area contributed by atoms with E-state index in [4.69, 9.17) is 0 Å². The van der Waals surface area contributed by atoms with Gasteiger partial charge in [0.1, 0.15) is 0 Å². The van der Waals surface area contributed by atoms with E-state index in [1.54, 1.807) is 6.20 Å². The first kappa shape index (κ1) is 27.3. The predicted octanol–water partition coefficient (Wildman–Crippen LogP) is 4.70. The molecule has 40 heavy (non-hydrogen) atoms. The number of carbonyl (C=O) groups excluding carboxylic acids is 2. The van der Waals surface area contributed by atoms with Crippen LogP contribution in [0.3, 0.4) is 0 Å². The van der Waals surface area contributed by atoms with Gasteiger partial charge >= 0.3 is 0 Å². The minimum atomic E-state index is -2.72. The van der Waals surface area contributed by atoms with Crippen LogP contribution >= 0.6 is 0 Å². The highest BCUT2D eigenvalue weighted by Gasteiger charge is 2.50. The van der Waals surface area contributed by atoms with Crippen molar-refractivity contribution in [1.82, 2.24) is 19.7 Å². The lowest BCUT2D eigenvalue weighted by atomic mass is 9.70. The standard InChI is InChI=1S/C32H40F2N4O2/c1-22-10-13-35-23(2)28(22)30(40)37-18-25-16-36(17-26(25)19-37)14-12-31(27-8-4-3-5-9-27)20-38(21-31)29(39)24-7-6-11-32(33,34)15-24/h3-5,8-10,13,24-26H,6-7,11-12,14-21H2,1-2H3. The van der Waals surface area contributed by atoms with E-state index in [1.807, 2.05) is 47.9 Å². The number of hydrogen-bond acceptors (Lipinski definition) is 4. The Labute approximate surface area is 235 Å². The van der Waals surface area contributed by atoms with E-state index in [2.05, 4.69) is 22.0 Å². The first-order chi connectivity index (χ1) is 19.1. The fourth-order valence-electron chi connectivity index (χ4n) is 7.74. The van der Waals surface area contributed by atoms with Crippen molar-refractivity contribution in [2.45, 2.75) is 57.3 Å². The Kier molecular flexibility index (Phi) is 7.18. The van der Waals surface area contributed by atoms with Gasteiger partial charge < -0.3 is 14.7 Å². The van der Waals surface area contributed by atoms with Gasteiger partial charge in [-0.2, -0.15) is 0 Å². The third-order valence-corrected chi connectivity index (χ3v) is 9.99. The van der Waals surface area contributed by atoms with E-state index in [0.29, 0.717) is 37.8 Å². The number of rotatable bonds is 6. The van der Waals surface area contributed by atoms with Crippen LogP contribution in [0.4, 0.5) is 8.78 Å². The second-order valence-corrected chi connectivity index (χ2v) is 12.8. The Morgan fingerprint density at radius 2 is 1.68 bits per heavy atom. The SMILES string of the molecule is Cc1ccnc(C)c1C(=O)N1CC2CN(CCC3(c4ccccc4)CN(C(=O)C4CCCC(F)(F)C4)C3)CC2C1. The molecule has 0 radical (unpaired) electrons. The summed E-state index contributed by atoms with van der Waals surface area (Å²) in [5.74, 6) is -2.32. The topological polar surface area (TPSA) is 56.8 Å². The lowest BCUT2D eigenvalue weighted by Crippen LogP contribution is -2.63. The number of fused-ring (bicyclic) bond motifs is 1. The number of carbonyl (C=O) groups is 2. The fraction of sp³-hybridized carbons (Fsp3) is 0.594. The molecule has 214 valence electrons. The minimum Gasteiger partial charge on any atom is -0.341 e. The summed E-state index contributed by atoms with van der Waals surface area (Å²) in [6, 6.07) is 12.3. The summed E-state index contributed by atoms with van der Waals surface area (Å²) in [4.78, 5) is 37.1. The molecule has 1 aliphatic carbocycles. The molecular formula is C32H40F2N4O2. The number of hydrogen-bond donors (Lipinski definition) is 0. The third kappa shape index (κ3) is 5.15. The zero-order valence-electron chi connectivity index (χ0n) is 23.6. The molecule has 3 aliphatic heterocycles. The van der Waals surface area contributed by atoms with Gasteiger partial charge in [-0.15, -0.1) is 0 Å². The van der Waals surface area contributed by atoms with Crippen LogP contribution in [0.5, 0.6) is 0 Å². The van der Waals surface area contributed by atoms with Crippen LogP contribution in [-0.4, -0.2) is 83.2 Å². The molecule has 0 N–H and O–H groups in total. The lowest BCUT2D eigenvalue weighted by Gasteiger charge is -2.52. The van der Waals surface area contributed by atoms with Crippen LogP contribution in [0.2, 0.25) is 0 Å². The van der Waals surface area contributed by atoms with Gasteiger partial charge in [0.15, 0.2) is 0 Å². The molecule has 1 aromatic heterocycles. The average Bonchev–Trinajstić information content (AvgIpc) is 3.47. The highest BCUT2D eigenvalue weighted by molar-refractivity contribution is 5.96. The lowest BCUT2D eigenvalue weighted by molar-refractivity contribution is -0.150. The van der Waals surface area contributed by atoms with Crippen molar-refractivity contribution in [1.29, 1.82) is 0 Å². The molecule has 8 heteroatoms. The minimum absolute atomic E-state index is 0.0921. The highest BCUT2D eigenvalue weighted by Crippen LogP contribution is 2.43. The van der Waals surface area contributed by atoms with Gasteiger partial charge in [0.25, 0.3) is 5.91 Å². The second kappa shape index (κ2) is 10.5. The number of halogens is 2. The molecule has 1 saturated carbocycles. The van der Waals surface area contributed by atoms with Crippen molar-refractivity contribution in [3.8, 4) is 0 Å². The van der Waals surface area contributed by atoms with Crippen LogP contribution in [0.25, 0.3) is 0 Å². The van der Waals surface area contributed by atoms with Gasteiger partial charge in [-0.25, -0.2) is 8.78 Å². The van der Waals surface area contributed by atoms with Crippen molar-refractivity contribution >= 4 is 11.8 Å². The molecule has 2 amide bonds. The number of nitrogens with zero attached hydrogens (tertiary/aromatic N) is 4. The Morgan fingerprint density at radius 3 is 2.33 bits per heavy atom. The molecule has 1 aromatic carbocycles. The molecule has 0 spiro atoms. The van der Waals surface area contributed by atoms with E-state index >= 15 is 0 Å². The number of alkyl halides is 2. The monoisotopic (exact) mass is 550 g/mol. The van der Waals surface area contributed by atoms with E-state index < -0.39 is 11.8 Å². The Bertz CT molecular complexity index is 1230. The number of aryl methyl sites for hydroxylation is 2. The number of pyridine rings is 1. The number of benzene rings is 1. The van der Waals surface area contributed by atoms with Crippen molar-refractivity contribution in [3.63, 3.8) is 0 Å². The fourth-order valence-corrected chi connectivity index (χ4v) is 7.74. The molecule has 3 atom stereocenters. The number of likely N-dealkylation sites (tertiary alicyclic amines) is 3. The molecule has 6 rings (SSSR count). The quantitative estimate of drug-likeness (QED) is 0.524. The first-order valence-corrected chi connectivity index (χ1v) is 14.8. The average molecular weight is 551 g/mol. The Balaban J connectivity index is 1.06. The number of aromatic nitrogens is 1. The smallest absolute Gasteiger partial charge is 0.255 e. The van der Waals surface area contributed by atoms with E-state index in [9.17, 15) is 18.4 Å². The predicted molar refractivity (Wildman–Crippen MR) is 149 cm³/mol. The summed E-state index contributed by atoms with van der Waals surface area (Å²) in [7, 11) is 0. The zero-order valence-corrected chi connectivity index (χ0v) is 23.6. The second-order valence-electron chi connectivity index (χ2n) is 12.8. The summed E-state index contributed by atoms with van der Waals surface area (Å²) < 4.78 is 28.0. The van der Waals surface area contributed by atoms with Gasteiger partial charge in [-0.3, -0.25) is 14.6 Å². The van der Waals surface area contributed by atoms with Gasteiger partial charge in [0, 0.05) is 69.6 Å². The van der Waals surface area contributed by atoms with Crippen molar-refractivity contribution in [3.05, 3.63) is 65.0 Å². The molecule has 4 fully saturated rings. The zero-order chi connectivity index (χ0) is 28.1. The van der Waals surface area contributed by atoms with Gasteiger partial charge in [0.05, 0.1) is 11.3 Å². The summed E-state index contributed by atoms with van der Waals surface area (Å²) in [5.41, 5.74) is 3.60. The maximum Gasteiger partial charge on any atom is 0.255 e. The first-order valence-electron chi connectivity index (χ1n) is 14.8. The molecule has 2 aromatic rings. The van der Waals surface area contributed by atoms with E-state index in [1.165, 1.54) is 5.56 Å².